The number of hydrogen-bond acceptors (Lipinski definition) is 13. The van der Waals surface area contributed by atoms with Crippen LogP contribution in [0.5, 0.6) is 28.7 Å². The molecule has 2 aromatic carbocycles. The van der Waals surface area contributed by atoms with Crippen molar-refractivity contribution in [3.8, 4) is 40.1 Å². The molecule has 0 unspecified atom stereocenters. The molecule has 0 bridgehead atoms. The summed E-state index contributed by atoms with van der Waals surface area (Å²) in [5.74, 6) is -2.70. The summed E-state index contributed by atoms with van der Waals surface area (Å²) in [6.45, 7) is 0.705. The smallest absolute Gasteiger partial charge is 0.302 e. The number of rotatable bonds is 6. The van der Waals surface area contributed by atoms with Crippen molar-refractivity contribution in [1.29, 1.82) is 0 Å². The van der Waals surface area contributed by atoms with Crippen LogP contribution in [-0.4, -0.2) is 81.0 Å². The number of fused-ring (bicyclic) bond motifs is 1. The second kappa shape index (κ2) is 10.1. The Morgan fingerprint density at radius 1 is 1.00 bits per heavy atom. The van der Waals surface area contributed by atoms with Gasteiger partial charge in [0.05, 0.1) is 7.11 Å². The molecule has 1 aliphatic heterocycles. The van der Waals surface area contributed by atoms with Crippen LogP contribution in [0.3, 0.4) is 0 Å². The molecule has 1 fully saturated rings. The van der Waals surface area contributed by atoms with E-state index < -0.39 is 60.2 Å². The van der Waals surface area contributed by atoms with Gasteiger partial charge < -0.3 is 54.0 Å². The molecule has 37 heavy (non-hydrogen) atoms. The largest absolute Gasteiger partial charge is 0.507 e. The third-order valence-corrected chi connectivity index (χ3v) is 5.74. The Hall–Kier alpha value is -4.04. The maximum atomic E-state index is 12.8. The molecule has 1 aliphatic rings. The summed E-state index contributed by atoms with van der Waals surface area (Å²) in [4.78, 5) is 23.9. The Kier molecular flexibility index (Phi) is 7.14. The van der Waals surface area contributed by atoms with Gasteiger partial charge in [-0.15, -0.1) is 0 Å². The Balaban J connectivity index is 1.71. The molecule has 0 radical (unpaired) electrons. The van der Waals surface area contributed by atoms with E-state index in [1.807, 2.05) is 0 Å². The number of hydrogen-bond donors (Lipinski definition) is 6. The fraction of sp³-hybridized carbons (Fsp3) is 0.333. The van der Waals surface area contributed by atoms with Crippen LogP contribution in [0.2, 0.25) is 0 Å². The van der Waals surface area contributed by atoms with E-state index in [2.05, 4.69) is 0 Å². The molecule has 13 heteroatoms. The maximum absolute atomic E-state index is 12.8. The summed E-state index contributed by atoms with van der Waals surface area (Å²) >= 11 is 0. The monoisotopic (exact) mass is 520 g/mol. The van der Waals surface area contributed by atoms with Crippen molar-refractivity contribution < 1.29 is 58.8 Å². The predicted molar refractivity (Wildman–Crippen MR) is 123 cm³/mol. The zero-order chi connectivity index (χ0) is 27.0. The molecule has 198 valence electrons. The van der Waals surface area contributed by atoms with Crippen LogP contribution in [0.1, 0.15) is 6.92 Å². The first-order valence-electron chi connectivity index (χ1n) is 10.9. The van der Waals surface area contributed by atoms with E-state index in [1.165, 1.54) is 31.4 Å². The predicted octanol–water partition coefficient (Wildman–Crippen LogP) is 0.335. The van der Waals surface area contributed by atoms with E-state index in [0.29, 0.717) is 0 Å². The first-order chi connectivity index (χ1) is 17.5. The molecule has 6 N–H and O–H groups in total. The lowest BCUT2D eigenvalue weighted by Crippen LogP contribution is -2.60. The quantitative estimate of drug-likeness (QED) is 0.243. The average Bonchev–Trinajstić information content (AvgIpc) is 2.85. The molecule has 3 aromatic rings. The Labute approximate surface area is 208 Å². The summed E-state index contributed by atoms with van der Waals surface area (Å²) in [6.07, 6.45) is -7.88. The number of benzene rings is 2. The van der Waals surface area contributed by atoms with Crippen LogP contribution in [0.25, 0.3) is 22.3 Å². The van der Waals surface area contributed by atoms with Gasteiger partial charge in [0.15, 0.2) is 17.3 Å². The number of aliphatic hydroxyl groups is 3. The Bertz CT molecular complexity index is 1380. The molecule has 4 rings (SSSR count). The fourth-order valence-corrected chi connectivity index (χ4v) is 3.83. The molecule has 0 amide bonds. The first kappa shape index (κ1) is 26.0. The van der Waals surface area contributed by atoms with Crippen LogP contribution in [0.15, 0.2) is 39.5 Å². The van der Waals surface area contributed by atoms with Gasteiger partial charge >= 0.3 is 5.97 Å². The molecule has 0 spiro atoms. The zero-order valence-corrected chi connectivity index (χ0v) is 19.5. The maximum Gasteiger partial charge on any atom is 0.302 e. The van der Waals surface area contributed by atoms with Crippen LogP contribution >= 0.6 is 0 Å². The van der Waals surface area contributed by atoms with Crippen molar-refractivity contribution in [2.75, 3.05) is 13.7 Å². The highest BCUT2D eigenvalue weighted by atomic mass is 16.7. The minimum Gasteiger partial charge on any atom is -0.507 e. The van der Waals surface area contributed by atoms with Crippen LogP contribution in [-0.2, 0) is 14.3 Å². The molecule has 2 heterocycles. The van der Waals surface area contributed by atoms with Crippen LogP contribution in [0, 0.1) is 0 Å². The molecule has 5 atom stereocenters. The fourth-order valence-electron chi connectivity index (χ4n) is 3.83. The lowest BCUT2D eigenvalue weighted by Gasteiger charge is -2.39. The molecule has 1 aromatic heterocycles. The minimum atomic E-state index is -1.74. The highest BCUT2D eigenvalue weighted by molar-refractivity contribution is 5.88. The molecule has 0 saturated carbocycles. The summed E-state index contributed by atoms with van der Waals surface area (Å²) < 4.78 is 26.5. The molecule has 13 nitrogen and oxygen atoms in total. The summed E-state index contributed by atoms with van der Waals surface area (Å²) in [6, 6.07) is 6.12. The highest BCUT2D eigenvalue weighted by Crippen LogP contribution is 2.38. The Morgan fingerprint density at radius 2 is 1.73 bits per heavy atom. The first-order valence-corrected chi connectivity index (χ1v) is 10.9. The SMILES string of the molecule is COc1cc(-c2oc3cc(O[C@@H]4O[C@H](COC(C)=O)[C@@H](O)[C@H](O)[C@H]4O)cc(O)c3c(=O)c2O)ccc1O. The van der Waals surface area contributed by atoms with Crippen LogP contribution in [0.4, 0.5) is 0 Å². The van der Waals surface area contributed by atoms with E-state index in [4.69, 9.17) is 23.4 Å². The second-order valence-electron chi connectivity index (χ2n) is 8.25. The van der Waals surface area contributed by atoms with Crippen molar-refractivity contribution in [2.45, 2.75) is 37.6 Å². The number of carbonyl (C=O) groups excluding carboxylic acids is 1. The standard InChI is InChI=1S/C24H24O13/c1-9(25)34-8-16-18(28)20(30)22(32)24(37-16)35-11-6-13(27)17-15(7-11)36-23(21(31)19(17)29)10-3-4-12(26)14(5-10)33-2/h3-7,16,18,20,22,24,26-28,30-32H,8H2,1-2H3/t16-,18-,20+,22-,24-/m1/s1. The second-order valence-corrected chi connectivity index (χ2v) is 8.25. The van der Waals surface area contributed by atoms with Crippen molar-refractivity contribution >= 4 is 16.9 Å². The zero-order valence-electron chi connectivity index (χ0n) is 19.5. The van der Waals surface area contributed by atoms with E-state index in [0.717, 1.165) is 13.0 Å². The van der Waals surface area contributed by atoms with Gasteiger partial charge in [0.25, 0.3) is 0 Å². The number of ether oxygens (including phenoxy) is 4. The third-order valence-electron chi connectivity index (χ3n) is 5.74. The van der Waals surface area contributed by atoms with Gasteiger partial charge in [-0.1, -0.05) is 0 Å². The summed E-state index contributed by atoms with van der Waals surface area (Å²) in [5, 5.41) is 61.0. The van der Waals surface area contributed by atoms with Gasteiger partial charge in [-0.25, -0.2) is 0 Å². The van der Waals surface area contributed by atoms with E-state index in [1.54, 1.807) is 0 Å². The number of aliphatic hydroxyl groups excluding tert-OH is 3. The number of phenols is 2. The van der Waals surface area contributed by atoms with Crippen molar-refractivity contribution in [3.05, 3.63) is 40.6 Å². The number of aromatic hydroxyl groups is 3. The minimum absolute atomic E-state index is 0.0482. The topological polar surface area (TPSA) is 206 Å². The van der Waals surface area contributed by atoms with E-state index in [-0.39, 0.29) is 39.5 Å². The lowest BCUT2D eigenvalue weighted by molar-refractivity contribution is -0.278. The number of carbonyl (C=O) groups is 1. The number of phenolic OH excluding ortho intramolecular Hbond substituents is 2. The van der Waals surface area contributed by atoms with E-state index >= 15 is 0 Å². The lowest BCUT2D eigenvalue weighted by atomic mass is 9.99. The Morgan fingerprint density at radius 3 is 2.41 bits per heavy atom. The van der Waals surface area contributed by atoms with Crippen molar-refractivity contribution in [3.63, 3.8) is 0 Å². The number of methoxy groups -OCH3 is 1. The third kappa shape index (κ3) is 4.97. The van der Waals surface area contributed by atoms with Gasteiger partial charge in [0.2, 0.25) is 17.5 Å². The van der Waals surface area contributed by atoms with Gasteiger partial charge in [-0.05, 0) is 18.2 Å². The normalized spacial score (nSPS) is 23.5. The average molecular weight is 520 g/mol. The van der Waals surface area contributed by atoms with Crippen LogP contribution < -0.4 is 14.9 Å². The van der Waals surface area contributed by atoms with Gasteiger partial charge in [-0.2, -0.15) is 0 Å². The molecular formula is C24H24O13. The van der Waals surface area contributed by atoms with Crippen molar-refractivity contribution in [2.24, 2.45) is 0 Å². The van der Waals surface area contributed by atoms with Gasteiger partial charge in [0, 0.05) is 24.6 Å². The van der Waals surface area contributed by atoms with Gasteiger partial charge in [0.1, 0.15) is 53.5 Å². The molecule has 0 aliphatic carbocycles. The number of esters is 1. The highest BCUT2D eigenvalue weighted by Gasteiger charge is 2.45. The van der Waals surface area contributed by atoms with Crippen molar-refractivity contribution in [1.82, 2.24) is 0 Å². The van der Waals surface area contributed by atoms with E-state index in [9.17, 15) is 40.2 Å². The summed E-state index contributed by atoms with van der Waals surface area (Å²) in [7, 11) is 1.31. The summed E-state index contributed by atoms with van der Waals surface area (Å²) in [5.41, 5.74) is -1.00. The molecular weight excluding hydrogens is 496 g/mol. The van der Waals surface area contributed by atoms with Gasteiger partial charge in [-0.3, -0.25) is 9.59 Å². The molecule has 1 saturated heterocycles.